The number of likely N-dealkylation sites (tertiary alicyclic amines) is 1. The predicted molar refractivity (Wildman–Crippen MR) is 142 cm³/mol. The number of amides is 2. The van der Waals surface area contributed by atoms with Gasteiger partial charge in [-0.3, -0.25) is 9.48 Å². The maximum atomic E-state index is 12.7. The van der Waals surface area contributed by atoms with Crippen molar-refractivity contribution in [1.82, 2.24) is 24.6 Å². The molecular formula is C26H26ClN7O3. The Morgan fingerprint density at radius 1 is 1.24 bits per heavy atom. The first-order valence-corrected chi connectivity index (χ1v) is 12.4. The van der Waals surface area contributed by atoms with Gasteiger partial charge >= 0.3 is 6.09 Å². The van der Waals surface area contributed by atoms with Gasteiger partial charge in [0, 0.05) is 36.6 Å². The molecule has 11 heteroatoms. The molecule has 3 aromatic heterocycles. The fourth-order valence-electron chi connectivity index (χ4n) is 4.77. The number of pyridine rings is 2. The van der Waals surface area contributed by atoms with Crippen LogP contribution in [0.15, 0.2) is 48.8 Å². The van der Waals surface area contributed by atoms with E-state index in [-0.39, 0.29) is 11.9 Å². The van der Waals surface area contributed by atoms with Crippen LogP contribution in [0.4, 0.5) is 16.4 Å². The summed E-state index contributed by atoms with van der Waals surface area (Å²) >= 11 is 6.71. The van der Waals surface area contributed by atoms with E-state index in [1.165, 1.54) is 4.90 Å². The SMILES string of the molecule is CCc1cnc(N)c2c(-c3ccc(C(=O)Nc4ccccn4)cc3Cl)nn(C3CCCN(C(=O)O)C3)c12. The van der Waals surface area contributed by atoms with Crippen LogP contribution in [0.3, 0.4) is 0 Å². The van der Waals surface area contributed by atoms with E-state index in [0.717, 1.165) is 23.9 Å². The molecule has 4 N–H and O–H groups in total. The number of nitrogen functional groups attached to an aromatic ring is 1. The highest BCUT2D eigenvalue weighted by atomic mass is 35.5. The number of nitrogens with zero attached hydrogens (tertiary/aromatic N) is 5. The molecule has 1 aliphatic heterocycles. The molecule has 190 valence electrons. The summed E-state index contributed by atoms with van der Waals surface area (Å²) in [5.74, 6) is 0.409. The number of anilines is 2. The second-order valence-electron chi connectivity index (χ2n) is 8.93. The van der Waals surface area contributed by atoms with Gasteiger partial charge in [0.15, 0.2) is 0 Å². The van der Waals surface area contributed by atoms with Crippen molar-refractivity contribution in [2.45, 2.75) is 32.2 Å². The van der Waals surface area contributed by atoms with Gasteiger partial charge in [-0.25, -0.2) is 14.8 Å². The largest absolute Gasteiger partial charge is 0.465 e. The molecule has 4 aromatic rings. The first-order chi connectivity index (χ1) is 17.9. The highest BCUT2D eigenvalue weighted by molar-refractivity contribution is 6.34. The number of carbonyl (C=O) groups excluding carboxylic acids is 1. The van der Waals surface area contributed by atoms with Gasteiger partial charge in [-0.2, -0.15) is 5.10 Å². The Balaban J connectivity index is 1.58. The van der Waals surface area contributed by atoms with Crippen molar-refractivity contribution in [3.05, 3.63) is 64.9 Å². The van der Waals surface area contributed by atoms with Crippen LogP contribution in [0.1, 0.15) is 41.7 Å². The summed E-state index contributed by atoms with van der Waals surface area (Å²) in [6.07, 6.45) is 4.61. The molecular weight excluding hydrogens is 494 g/mol. The summed E-state index contributed by atoms with van der Waals surface area (Å²) in [5, 5.41) is 18.2. The van der Waals surface area contributed by atoms with Gasteiger partial charge in [0.05, 0.1) is 22.0 Å². The third-order valence-corrected chi connectivity index (χ3v) is 6.93. The van der Waals surface area contributed by atoms with Gasteiger partial charge in [-0.05, 0) is 49.1 Å². The quantitative estimate of drug-likeness (QED) is 0.342. The minimum absolute atomic E-state index is 0.157. The Morgan fingerprint density at radius 3 is 2.78 bits per heavy atom. The van der Waals surface area contributed by atoms with Crippen LogP contribution in [-0.2, 0) is 6.42 Å². The van der Waals surface area contributed by atoms with Gasteiger partial charge < -0.3 is 21.1 Å². The van der Waals surface area contributed by atoms with Gasteiger partial charge in [-0.15, -0.1) is 0 Å². The number of fused-ring (bicyclic) bond motifs is 1. The van der Waals surface area contributed by atoms with Gasteiger partial charge in [0.2, 0.25) is 0 Å². The van der Waals surface area contributed by atoms with Crippen LogP contribution < -0.4 is 11.1 Å². The van der Waals surface area contributed by atoms with E-state index in [4.69, 9.17) is 22.4 Å². The van der Waals surface area contributed by atoms with Crippen LogP contribution in [0.5, 0.6) is 0 Å². The molecule has 1 fully saturated rings. The topological polar surface area (TPSA) is 139 Å². The number of benzene rings is 1. The lowest BCUT2D eigenvalue weighted by atomic mass is 10.0. The van der Waals surface area contributed by atoms with E-state index in [1.807, 2.05) is 11.6 Å². The van der Waals surface area contributed by atoms with Crippen LogP contribution in [0.25, 0.3) is 22.2 Å². The predicted octanol–water partition coefficient (Wildman–Crippen LogP) is 4.86. The van der Waals surface area contributed by atoms with Crippen molar-refractivity contribution in [3.8, 4) is 11.3 Å². The number of rotatable bonds is 5. The second-order valence-corrected chi connectivity index (χ2v) is 9.33. The highest BCUT2D eigenvalue weighted by Crippen LogP contribution is 2.39. The monoisotopic (exact) mass is 519 g/mol. The second kappa shape index (κ2) is 10.1. The highest BCUT2D eigenvalue weighted by Gasteiger charge is 2.29. The van der Waals surface area contributed by atoms with Crippen molar-refractivity contribution in [3.63, 3.8) is 0 Å². The molecule has 4 heterocycles. The molecule has 0 bridgehead atoms. The molecule has 0 spiro atoms. The first-order valence-electron chi connectivity index (χ1n) is 12.0. The Kier molecular flexibility index (Phi) is 6.66. The number of hydrogen-bond donors (Lipinski definition) is 3. The molecule has 5 rings (SSSR count). The fraction of sp³-hybridized carbons (Fsp3) is 0.269. The van der Waals surface area contributed by atoms with Crippen LogP contribution in [-0.4, -0.2) is 54.8 Å². The van der Waals surface area contributed by atoms with Gasteiger partial charge in [-0.1, -0.05) is 30.7 Å². The Morgan fingerprint density at radius 2 is 2.08 bits per heavy atom. The van der Waals surface area contributed by atoms with Crippen molar-refractivity contribution >= 4 is 46.1 Å². The summed E-state index contributed by atoms with van der Waals surface area (Å²) < 4.78 is 1.88. The minimum Gasteiger partial charge on any atom is -0.465 e. The maximum Gasteiger partial charge on any atom is 0.407 e. The number of carboxylic acid groups (broad SMARTS) is 1. The van der Waals surface area contributed by atoms with E-state index in [9.17, 15) is 14.7 Å². The van der Waals surface area contributed by atoms with Crippen molar-refractivity contribution in [1.29, 1.82) is 0 Å². The standard InChI is InChI=1S/C26H26ClN7O3/c1-2-15-13-30-24(28)21-22(32-34(23(15)21)17-6-5-11-33(14-17)26(36)37)18-9-8-16(12-19(18)27)25(35)31-20-7-3-4-10-29-20/h3-4,7-10,12-13,17H,2,5-6,11,14H2,1H3,(H2,28,30)(H,36,37)(H,29,31,35). The number of carbonyl (C=O) groups is 2. The Labute approximate surface area is 218 Å². The summed E-state index contributed by atoms with van der Waals surface area (Å²) in [4.78, 5) is 34.3. The van der Waals surface area contributed by atoms with E-state index < -0.39 is 6.09 Å². The smallest absolute Gasteiger partial charge is 0.407 e. The molecule has 1 aliphatic rings. The van der Waals surface area contributed by atoms with Crippen LogP contribution in [0, 0.1) is 0 Å². The first kappa shape index (κ1) is 24.5. The van der Waals surface area contributed by atoms with E-state index in [2.05, 4.69) is 15.3 Å². The molecule has 10 nitrogen and oxygen atoms in total. The van der Waals surface area contributed by atoms with Gasteiger partial charge in [0.25, 0.3) is 5.91 Å². The number of nitrogens with one attached hydrogen (secondary N) is 1. The molecule has 1 saturated heterocycles. The van der Waals surface area contributed by atoms with E-state index >= 15 is 0 Å². The fourth-order valence-corrected chi connectivity index (χ4v) is 5.04. The third kappa shape index (κ3) is 4.67. The number of aryl methyl sites for hydroxylation is 1. The molecule has 1 atom stereocenters. The lowest BCUT2D eigenvalue weighted by Crippen LogP contribution is -2.40. The normalized spacial score (nSPS) is 15.6. The zero-order chi connectivity index (χ0) is 26.1. The Hall–Kier alpha value is -4.18. The molecule has 1 unspecified atom stereocenters. The molecule has 1 aromatic carbocycles. The molecule has 2 amide bonds. The number of hydrogen-bond acceptors (Lipinski definition) is 6. The summed E-state index contributed by atoms with van der Waals surface area (Å²) in [6, 6.07) is 10.1. The average molecular weight is 520 g/mol. The number of piperidine rings is 1. The average Bonchev–Trinajstić information content (AvgIpc) is 3.31. The van der Waals surface area contributed by atoms with Crippen molar-refractivity contribution < 1.29 is 14.7 Å². The lowest BCUT2D eigenvalue weighted by molar-refractivity contribution is 0.102. The molecule has 0 radical (unpaired) electrons. The summed E-state index contributed by atoms with van der Waals surface area (Å²) in [6.45, 7) is 2.85. The van der Waals surface area contributed by atoms with Gasteiger partial charge in [0.1, 0.15) is 17.3 Å². The zero-order valence-corrected chi connectivity index (χ0v) is 20.9. The number of aromatic nitrogens is 4. The third-order valence-electron chi connectivity index (χ3n) is 6.62. The van der Waals surface area contributed by atoms with Crippen molar-refractivity contribution in [2.24, 2.45) is 0 Å². The van der Waals surface area contributed by atoms with Crippen molar-refractivity contribution in [2.75, 3.05) is 24.1 Å². The molecule has 0 aliphatic carbocycles. The van der Waals surface area contributed by atoms with Crippen LogP contribution in [0.2, 0.25) is 5.02 Å². The molecule has 0 saturated carbocycles. The van der Waals surface area contributed by atoms with Crippen LogP contribution >= 0.6 is 11.6 Å². The van der Waals surface area contributed by atoms with E-state index in [1.54, 1.807) is 48.8 Å². The summed E-state index contributed by atoms with van der Waals surface area (Å²) in [5.41, 5.74) is 9.67. The Bertz CT molecular complexity index is 1490. The molecule has 37 heavy (non-hydrogen) atoms. The van der Waals surface area contributed by atoms with E-state index in [0.29, 0.717) is 58.4 Å². The maximum absolute atomic E-state index is 12.7. The summed E-state index contributed by atoms with van der Waals surface area (Å²) in [7, 11) is 0. The lowest BCUT2D eigenvalue weighted by Gasteiger charge is -2.31. The zero-order valence-electron chi connectivity index (χ0n) is 20.2. The number of halogens is 1. The number of nitrogens with two attached hydrogens (primary N) is 1. The minimum atomic E-state index is -0.944.